The third kappa shape index (κ3) is 6.84. The van der Waals surface area contributed by atoms with Gasteiger partial charge in [0.25, 0.3) is 0 Å². The second kappa shape index (κ2) is 8.26. The number of hydrogen-bond donors (Lipinski definition) is 5. The molecular weight excluding hydrogens is 328 g/mol. The molecule has 0 rings (SSSR count). The van der Waals surface area contributed by atoms with Crippen LogP contribution in [0.5, 0.6) is 0 Å². The molecule has 0 fully saturated rings. The number of rotatable bonds is 6. The quantitative estimate of drug-likeness (QED) is 0.231. The predicted octanol–water partition coefficient (Wildman–Crippen LogP) is -5.21. The van der Waals surface area contributed by atoms with Gasteiger partial charge in [0.15, 0.2) is 6.10 Å². The molecule has 102 valence electrons. The smallest absolute Gasteiger partial charge is 0.780 e. The molecule has 0 bridgehead atoms. The van der Waals surface area contributed by atoms with Gasteiger partial charge in [-0.15, -0.1) is 0 Å². The van der Waals surface area contributed by atoms with Gasteiger partial charge < -0.3 is 44.4 Å². The molecule has 0 heterocycles. The van der Waals surface area contributed by atoms with E-state index in [0.717, 1.165) is 0 Å². The molecule has 12 heteroatoms. The zero-order chi connectivity index (χ0) is 13.8. The first-order valence-electron chi connectivity index (χ1n) is 4.18. The summed E-state index contributed by atoms with van der Waals surface area (Å²) in [6.45, 7) is -0.985. The molecule has 0 radical (unpaired) electrons. The summed E-state index contributed by atoms with van der Waals surface area (Å²) in [6.07, 6.45) is -8.92. The monoisotopic (exact) mass is 338 g/mol. The molecule has 0 aromatic carbocycles. The Morgan fingerprint density at radius 3 is 1.94 bits per heavy atom. The first kappa shape index (κ1) is 20.4. The Kier molecular flexibility index (Phi) is 9.35. The summed E-state index contributed by atoms with van der Waals surface area (Å²) in [6, 6.07) is 0. The van der Waals surface area contributed by atoms with E-state index in [9.17, 15) is 19.1 Å². The summed E-state index contributed by atoms with van der Waals surface area (Å²) in [4.78, 5) is 30.8. The van der Waals surface area contributed by atoms with E-state index < -0.39 is 44.8 Å². The van der Waals surface area contributed by atoms with Crippen molar-refractivity contribution in [1.29, 1.82) is 0 Å². The van der Waals surface area contributed by atoms with Crippen LogP contribution in [-0.4, -0.2) is 62.5 Å². The first-order chi connectivity index (χ1) is 7.60. The van der Waals surface area contributed by atoms with Crippen LogP contribution in [0, 0.1) is 0 Å². The van der Waals surface area contributed by atoms with Crippen molar-refractivity contribution in [3.05, 3.63) is 0 Å². The summed E-state index contributed by atoms with van der Waals surface area (Å²) in [5, 5.41) is 44.4. The van der Waals surface area contributed by atoms with Gasteiger partial charge in [0, 0.05) is 0 Å². The zero-order valence-corrected chi connectivity index (χ0v) is 12.8. The largest absolute Gasteiger partial charge is 2.00 e. The summed E-state index contributed by atoms with van der Waals surface area (Å²) in [7, 11) is -5.69. The van der Waals surface area contributed by atoms with Crippen LogP contribution in [0.2, 0.25) is 0 Å². The summed E-state index contributed by atoms with van der Waals surface area (Å²) in [5.74, 6) is -2.00. The Morgan fingerprint density at radius 2 is 1.61 bits per heavy atom. The molecule has 0 aliphatic carbocycles. The van der Waals surface area contributed by atoms with Crippen molar-refractivity contribution in [1.82, 2.24) is 0 Å². The fourth-order valence-corrected chi connectivity index (χ4v) is 1.15. The molecule has 5 N–H and O–H groups in total. The Bertz CT molecular complexity index is 305. The van der Waals surface area contributed by atoms with E-state index >= 15 is 0 Å². The van der Waals surface area contributed by atoms with Crippen LogP contribution in [0.3, 0.4) is 0 Å². The fraction of sp³-hybridized carbons (Fsp3) is 0.833. The minimum atomic E-state index is -5.69. The van der Waals surface area contributed by atoms with Crippen LogP contribution in [0.1, 0.15) is 0 Å². The van der Waals surface area contributed by atoms with Crippen LogP contribution >= 0.6 is 7.82 Å². The molecule has 4 atom stereocenters. The fourth-order valence-electron chi connectivity index (χ4n) is 0.826. The van der Waals surface area contributed by atoms with E-state index in [1.807, 2.05) is 0 Å². The van der Waals surface area contributed by atoms with Crippen LogP contribution in [0.25, 0.3) is 0 Å². The second-order valence-corrected chi connectivity index (χ2v) is 4.11. The van der Waals surface area contributed by atoms with Crippen molar-refractivity contribution in [2.45, 2.75) is 24.4 Å². The Balaban J connectivity index is 0. The van der Waals surface area contributed by atoms with E-state index in [1.165, 1.54) is 0 Å². The van der Waals surface area contributed by atoms with E-state index in [4.69, 9.17) is 25.5 Å². The topological polar surface area (TPSA) is 191 Å². The Labute approximate surface area is 114 Å². The predicted molar refractivity (Wildman–Crippen MR) is 44.8 cm³/mol. The first-order valence-corrected chi connectivity index (χ1v) is 5.65. The van der Waals surface area contributed by atoms with Gasteiger partial charge >= 0.3 is 25.4 Å². The summed E-state index contributed by atoms with van der Waals surface area (Å²) < 4.78 is 13.2. The molecule has 0 unspecified atom stereocenters. The summed E-state index contributed by atoms with van der Waals surface area (Å²) in [5.41, 5.74) is 0. The molecule has 18 heavy (non-hydrogen) atoms. The number of carbonyl (C=O) groups is 1. The van der Waals surface area contributed by atoms with Gasteiger partial charge in [-0.1, -0.05) is 0 Å². The Hall–Kier alpha value is 0.0434. The van der Waals surface area contributed by atoms with E-state index in [2.05, 4.69) is 4.52 Å². The molecular formula is C6H11O10PZn. The normalized spacial score (nSPS) is 18.2. The van der Waals surface area contributed by atoms with Gasteiger partial charge in [0.2, 0.25) is 0 Å². The van der Waals surface area contributed by atoms with Crippen molar-refractivity contribution in [2.75, 3.05) is 6.61 Å². The third-order valence-corrected chi connectivity index (χ3v) is 2.10. The molecule has 0 aromatic rings. The number of aliphatic hydroxyl groups is 5. The van der Waals surface area contributed by atoms with Crippen molar-refractivity contribution in [3.63, 3.8) is 0 Å². The van der Waals surface area contributed by atoms with Crippen LogP contribution in [0.15, 0.2) is 0 Å². The van der Waals surface area contributed by atoms with Gasteiger partial charge in [-0.25, -0.2) is 4.79 Å². The SMILES string of the molecule is O=C(OP(=O)([O-])[O-])[C@H](O)[C@@H](O)[C@H](O)[C@H](O)CO.[Zn+2]. The van der Waals surface area contributed by atoms with Gasteiger partial charge in [-0.2, -0.15) is 0 Å². The molecule has 0 saturated heterocycles. The molecule has 0 aromatic heterocycles. The molecule has 0 saturated carbocycles. The maximum absolute atomic E-state index is 10.8. The van der Waals surface area contributed by atoms with Crippen LogP contribution in [0.4, 0.5) is 0 Å². The van der Waals surface area contributed by atoms with Gasteiger partial charge in [0.1, 0.15) is 26.1 Å². The number of phosphoric acid groups is 1. The van der Waals surface area contributed by atoms with Gasteiger partial charge in [-0.3, -0.25) is 0 Å². The second-order valence-electron chi connectivity index (χ2n) is 3.03. The van der Waals surface area contributed by atoms with Crippen molar-refractivity contribution in [3.8, 4) is 0 Å². The third-order valence-electron chi connectivity index (χ3n) is 1.70. The van der Waals surface area contributed by atoms with E-state index in [1.54, 1.807) is 0 Å². The van der Waals surface area contributed by atoms with Crippen LogP contribution < -0.4 is 9.79 Å². The zero-order valence-electron chi connectivity index (χ0n) is 8.95. The van der Waals surface area contributed by atoms with Crippen molar-refractivity contribution in [2.24, 2.45) is 0 Å². The molecule has 0 aliphatic rings. The molecule has 10 nitrogen and oxygen atoms in total. The number of aliphatic hydroxyl groups excluding tert-OH is 5. The van der Waals surface area contributed by atoms with Crippen molar-refractivity contribution >= 4 is 13.8 Å². The average Bonchev–Trinajstić information content (AvgIpc) is 2.22. The van der Waals surface area contributed by atoms with Gasteiger partial charge in [0.05, 0.1) is 6.61 Å². The molecule has 0 amide bonds. The average molecular weight is 340 g/mol. The minimum Gasteiger partial charge on any atom is -0.780 e. The minimum absolute atomic E-state index is 0. The van der Waals surface area contributed by atoms with E-state index in [-0.39, 0.29) is 19.5 Å². The van der Waals surface area contributed by atoms with Crippen LogP contribution in [-0.2, 0) is 33.4 Å². The molecule has 0 aliphatic heterocycles. The maximum atomic E-state index is 10.8. The van der Waals surface area contributed by atoms with Gasteiger partial charge in [-0.05, 0) is 0 Å². The molecule has 0 spiro atoms. The van der Waals surface area contributed by atoms with E-state index in [0.29, 0.717) is 0 Å². The number of phosphoric ester groups is 1. The number of carbonyl (C=O) groups excluding carboxylic acids is 1. The summed E-state index contributed by atoms with van der Waals surface area (Å²) >= 11 is 0. The number of hydrogen-bond acceptors (Lipinski definition) is 10. The maximum Gasteiger partial charge on any atom is 2.00 e. The standard InChI is InChI=1S/C6H13O10P.Zn/c7-1-2(8)3(9)4(10)5(11)6(12)16-17(13,14)15;/h2-5,7-11H,1H2,(H2,13,14,15);/q;+2/p-2/t2-,3-,4+,5-;/m1./s1. The Morgan fingerprint density at radius 1 is 1.17 bits per heavy atom. The van der Waals surface area contributed by atoms with Crippen molar-refractivity contribution < 1.29 is 68.7 Å².